The van der Waals surface area contributed by atoms with Crippen molar-refractivity contribution in [3.63, 3.8) is 0 Å². The highest BCUT2D eigenvalue weighted by molar-refractivity contribution is 6.25. The van der Waals surface area contributed by atoms with Gasteiger partial charge in [-0.25, -0.2) is 0 Å². The van der Waals surface area contributed by atoms with Gasteiger partial charge in [0.1, 0.15) is 0 Å². The largest absolute Gasteiger partial charge is 0.311 e. The van der Waals surface area contributed by atoms with Crippen molar-refractivity contribution in [1.29, 1.82) is 0 Å². The maximum absolute atomic E-state index is 2.55. The van der Waals surface area contributed by atoms with Crippen LogP contribution < -0.4 is 4.90 Å². The fraction of sp³-hybridized carbons (Fsp3) is 0.0909. The summed E-state index contributed by atoms with van der Waals surface area (Å²) in [6.07, 6.45) is 17.4. The number of allylic oxidation sites excluding steroid dienone is 6. The van der Waals surface area contributed by atoms with Crippen LogP contribution in [0.2, 0.25) is 0 Å². The van der Waals surface area contributed by atoms with Crippen LogP contribution in [0.15, 0.2) is 206 Å². The van der Waals surface area contributed by atoms with Crippen LogP contribution in [-0.4, -0.2) is 0 Å². The summed E-state index contributed by atoms with van der Waals surface area (Å²) >= 11 is 0. The predicted molar refractivity (Wildman–Crippen MR) is 235 cm³/mol. The third-order valence-electron chi connectivity index (χ3n) is 13.0. The van der Waals surface area contributed by atoms with Crippen LogP contribution in [-0.2, 0) is 5.41 Å². The molecule has 0 heterocycles. The van der Waals surface area contributed by atoms with Gasteiger partial charge in [-0.15, -0.1) is 0 Å². The molecule has 264 valence electrons. The van der Waals surface area contributed by atoms with Gasteiger partial charge in [0.05, 0.1) is 5.41 Å². The lowest BCUT2D eigenvalue weighted by molar-refractivity contribution is 0.782. The molecule has 1 atom stereocenters. The highest BCUT2D eigenvalue weighted by Crippen LogP contribution is 2.63. The zero-order valence-corrected chi connectivity index (χ0v) is 31.1. The second kappa shape index (κ2) is 12.2. The highest BCUT2D eigenvalue weighted by Gasteiger charge is 2.51. The summed E-state index contributed by atoms with van der Waals surface area (Å²) in [5.41, 5.74) is 15.7. The van der Waals surface area contributed by atoms with E-state index in [9.17, 15) is 0 Å². The Morgan fingerprint density at radius 1 is 0.429 bits per heavy atom. The van der Waals surface area contributed by atoms with E-state index < -0.39 is 0 Å². The molecule has 0 saturated carbocycles. The minimum absolute atomic E-state index is 0.279. The van der Waals surface area contributed by atoms with Gasteiger partial charge in [-0.05, 0) is 126 Å². The van der Waals surface area contributed by atoms with Gasteiger partial charge in [0.15, 0.2) is 0 Å². The van der Waals surface area contributed by atoms with Crippen LogP contribution in [0.3, 0.4) is 0 Å². The normalized spacial score (nSPS) is 17.1. The zero-order valence-electron chi connectivity index (χ0n) is 31.1. The first-order valence-electron chi connectivity index (χ1n) is 20.1. The van der Waals surface area contributed by atoms with Gasteiger partial charge in [-0.2, -0.15) is 0 Å². The van der Waals surface area contributed by atoms with Crippen LogP contribution >= 0.6 is 0 Å². The summed E-state index contributed by atoms with van der Waals surface area (Å²) in [7, 11) is 0. The molecule has 1 spiro atoms. The molecule has 1 nitrogen and oxygen atoms in total. The highest BCUT2D eigenvalue weighted by atomic mass is 15.2. The molecule has 12 rings (SSSR count). The average molecular weight is 714 g/mol. The van der Waals surface area contributed by atoms with Gasteiger partial charge in [0, 0.05) is 23.0 Å². The Morgan fingerprint density at radius 3 is 1.54 bits per heavy atom. The maximum Gasteiger partial charge on any atom is 0.0725 e. The molecule has 56 heavy (non-hydrogen) atoms. The molecule has 0 aromatic heterocycles. The van der Waals surface area contributed by atoms with Gasteiger partial charge >= 0.3 is 0 Å². The molecular formula is C55H39N. The fourth-order valence-corrected chi connectivity index (χ4v) is 10.6. The van der Waals surface area contributed by atoms with Crippen molar-refractivity contribution in [1.82, 2.24) is 0 Å². The Kier molecular flexibility index (Phi) is 6.86. The van der Waals surface area contributed by atoms with E-state index >= 15 is 0 Å². The minimum atomic E-state index is -0.323. The lowest BCUT2D eigenvalue weighted by atomic mass is 9.70. The molecule has 4 aliphatic rings. The van der Waals surface area contributed by atoms with E-state index in [1.54, 1.807) is 0 Å². The Labute approximate surface area is 327 Å². The lowest BCUT2D eigenvalue weighted by Crippen LogP contribution is -2.26. The van der Waals surface area contributed by atoms with Crippen molar-refractivity contribution in [2.75, 3.05) is 4.90 Å². The summed E-state index contributed by atoms with van der Waals surface area (Å²) < 4.78 is 0. The molecule has 8 aromatic rings. The summed E-state index contributed by atoms with van der Waals surface area (Å²) in [6.45, 7) is 0. The summed E-state index contributed by atoms with van der Waals surface area (Å²) in [5, 5.41) is 7.81. The van der Waals surface area contributed by atoms with Gasteiger partial charge in [0.2, 0.25) is 0 Å². The summed E-state index contributed by atoms with van der Waals surface area (Å²) in [6, 6.07) is 59.4. The van der Waals surface area contributed by atoms with Crippen LogP contribution in [0.1, 0.15) is 53.0 Å². The van der Waals surface area contributed by atoms with E-state index in [4.69, 9.17) is 0 Å². The van der Waals surface area contributed by atoms with E-state index in [0.717, 1.165) is 19.3 Å². The lowest BCUT2D eigenvalue weighted by Gasteiger charge is -2.32. The number of benzene rings is 8. The Balaban J connectivity index is 0.961. The summed E-state index contributed by atoms with van der Waals surface area (Å²) in [4.78, 5) is 2.48. The van der Waals surface area contributed by atoms with Crippen molar-refractivity contribution >= 4 is 38.0 Å². The Hall–Kier alpha value is -6.70. The van der Waals surface area contributed by atoms with Gasteiger partial charge in [-0.3, -0.25) is 0 Å². The van der Waals surface area contributed by atoms with E-state index in [-0.39, 0.29) is 11.3 Å². The maximum atomic E-state index is 2.55. The van der Waals surface area contributed by atoms with Crippen molar-refractivity contribution in [2.24, 2.45) is 0 Å². The third-order valence-corrected chi connectivity index (χ3v) is 13.0. The molecule has 0 radical (unpaired) electrons. The fourth-order valence-electron chi connectivity index (χ4n) is 10.6. The second-order valence-corrected chi connectivity index (χ2v) is 15.8. The molecule has 1 heteroatoms. The smallest absolute Gasteiger partial charge is 0.0725 e. The zero-order chi connectivity index (χ0) is 36.8. The standard InChI is InChI=1S/C55H39N/c1-2-14-38(15-3-1)56(40-31-33-45-43-18-5-4-16-41(43)42-17-6-7-19-44(42)50(45)35-40)39-29-26-36(27-30-39)37-28-32-49-48-22-10-13-25-53(48)55(54(49)34-37)51-23-11-8-20-46(51)47-21-9-12-24-52(47)55/h2,4-26,28-36H,1,3,27H2. The van der Waals surface area contributed by atoms with E-state index in [1.807, 2.05) is 0 Å². The topological polar surface area (TPSA) is 3.24 Å². The van der Waals surface area contributed by atoms with E-state index in [1.165, 1.54) is 99.5 Å². The first-order chi connectivity index (χ1) is 27.8. The molecule has 0 N–H and O–H groups in total. The molecule has 1 unspecified atom stereocenters. The predicted octanol–water partition coefficient (Wildman–Crippen LogP) is 14.2. The molecule has 0 bridgehead atoms. The molecule has 0 amide bonds. The molecule has 0 fully saturated rings. The number of rotatable bonds is 4. The number of nitrogens with zero attached hydrogens (tertiary/aromatic N) is 1. The monoisotopic (exact) mass is 713 g/mol. The Morgan fingerprint density at radius 2 is 0.964 bits per heavy atom. The quantitative estimate of drug-likeness (QED) is 0.164. The van der Waals surface area contributed by atoms with E-state index in [2.05, 4.69) is 199 Å². The average Bonchev–Trinajstić information content (AvgIpc) is 3.74. The van der Waals surface area contributed by atoms with Crippen molar-refractivity contribution in [2.45, 2.75) is 30.6 Å². The minimum Gasteiger partial charge on any atom is -0.311 e. The van der Waals surface area contributed by atoms with Crippen LogP contribution in [0.5, 0.6) is 0 Å². The second-order valence-electron chi connectivity index (χ2n) is 15.8. The van der Waals surface area contributed by atoms with Crippen LogP contribution in [0.4, 0.5) is 5.69 Å². The van der Waals surface area contributed by atoms with Crippen molar-refractivity contribution < 1.29 is 0 Å². The molecule has 8 aromatic carbocycles. The van der Waals surface area contributed by atoms with Gasteiger partial charge < -0.3 is 4.90 Å². The number of fused-ring (bicyclic) bond motifs is 16. The number of hydrogen-bond acceptors (Lipinski definition) is 1. The molecular weight excluding hydrogens is 675 g/mol. The van der Waals surface area contributed by atoms with E-state index in [0.29, 0.717) is 0 Å². The summed E-state index contributed by atoms with van der Waals surface area (Å²) in [5.74, 6) is 0.279. The SMILES string of the molecule is C1=CC(N(C2=CCC(c3ccc4c(c3)C3(c5ccccc5-c5ccccc53)c3ccccc3-4)C=C2)c2ccc3c4ccccc4c4ccccc4c3c2)=CCC1. The van der Waals surface area contributed by atoms with Crippen molar-refractivity contribution in [3.05, 3.63) is 233 Å². The first-order valence-corrected chi connectivity index (χ1v) is 20.1. The first kappa shape index (κ1) is 31.6. The van der Waals surface area contributed by atoms with Crippen LogP contribution in [0, 0.1) is 0 Å². The number of hydrogen-bond donors (Lipinski definition) is 0. The van der Waals surface area contributed by atoms with Gasteiger partial charge in [-0.1, -0.05) is 170 Å². The molecule has 0 saturated heterocycles. The third kappa shape index (κ3) is 4.37. The van der Waals surface area contributed by atoms with Crippen LogP contribution in [0.25, 0.3) is 54.6 Å². The molecule has 4 aliphatic carbocycles. The van der Waals surface area contributed by atoms with Crippen molar-refractivity contribution in [3.8, 4) is 22.3 Å². The van der Waals surface area contributed by atoms with Gasteiger partial charge in [0.25, 0.3) is 0 Å². The Bertz CT molecular complexity index is 2980. The molecule has 0 aliphatic heterocycles. The number of anilines is 1.